The molecule has 0 aromatic carbocycles. The van der Waals surface area contributed by atoms with Crippen molar-refractivity contribution < 1.29 is 0 Å². The van der Waals surface area contributed by atoms with Crippen molar-refractivity contribution in [1.29, 1.82) is 0 Å². The average Bonchev–Trinajstić information content (AvgIpc) is 1.82. The number of hydrogen-bond acceptors (Lipinski definition) is 0. The van der Waals surface area contributed by atoms with Crippen LogP contribution in [0, 0.1) is 5.92 Å². The zero-order valence-electron chi connectivity index (χ0n) is 6.94. The van der Waals surface area contributed by atoms with E-state index in [-0.39, 0.29) is 0 Å². The Labute approximate surface area is 62.9 Å². The van der Waals surface area contributed by atoms with Crippen molar-refractivity contribution in [3.05, 3.63) is 35.5 Å². The summed E-state index contributed by atoms with van der Waals surface area (Å²) in [6, 6.07) is 0. The van der Waals surface area contributed by atoms with Crippen molar-refractivity contribution in [3.63, 3.8) is 0 Å². The van der Waals surface area contributed by atoms with Gasteiger partial charge in [0.25, 0.3) is 0 Å². The molecule has 1 aliphatic carbocycles. The molecule has 0 spiro atoms. The first kappa shape index (κ1) is 7.33. The van der Waals surface area contributed by atoms with Crippen LogP contribution in [0.4, 0.5) is 0 Å². The first-order chi connectivity index (χ1) is 4.61. The van der Waals surface area contributed by atoms with Gasteiger partial charge in [0.2, 0.25) is 0 Å². The van der Waals surface area contributed by atoms with Gasteiger partial charge in [-0.05, 0) is 30.9 Å². The number of rotatable bonds is 0. The normalized spacial score (nSPS) is 25.9. The van der Waals surface area contributed by atoms with Gasteiger partial charge in [-0.15, -0.1) is 0 Å². The molecule has 0 saturated carbocycles. The molecule has 1 atom stereocenters. The Morgan fingerprint density at radius 3 is 2.50 bits per heavy atom. The first-order valence-corrected chi connectivity index (χ1v) is 3.67. The summed E-state index contributed by atoms with van der Waals surface area (Å²) in [7, 11) is 0. The largest absolute Gasteiger partial charge is 0.0950 e. The summed E-state index contributed by atoms with van der Waals surface area (Å²) in [5.41, 5.74) is 3.94. The monoisotopic (exact) mass is 134 g/mol. The van der Waals surface area contributed by atoms with Gasteiger partial charge in [0, 0.05) is 0 Å². The maximum Gasteiger partial charge on any atom is -0.000797 e. The Bertz CT molecular complexity index is 216. The van der Waals surface area contributed by atoms with E-state index in [4.69, 9.17) is 0 Å². The van der Waals surface area contributed by atoms with Gasteiger partial charge < -0.3 is 0 Å². The van der Waals surface area contributed by atoms with E-state index in [0.717, 1.165) is 0 Å². The van der Waals surface area contributed by atoms with Gasteiger partial charge in [0.1, 0.15) is 0 Å². The third-order valence-electron chi connectivity index (χ3n) is 2.01. The maximum absolute atomic E-state index is 4.00. The van der Waals surface area contributed by atoms with E-state index in [1.54, 1.807) is 0 Å². The molecule has 0 aromatic rings. The van der Waals surface area contributed by atoms with Gasteiger partial charge in [-0.2, -0.15) is 0 Å². The molecule has 0 bridgehead atoms. The molecule has 54 valence electrons. The summed E-state index contributed by atoms with van der Waals surface area (Å²) in [5.74, 6) is 0.532. The third-order valence-corrected chi connectivity index (χ3v) is 2.01. The molecule has 0 saturated heterocycles. The maximum atomic E-state index is 4.00. The minimum absolute atomic E-state index is 0.532. The lowest BCUT2D eigenvalue weighted by Gasteiger charge is -2.17. The second-order valence-corrected chi connectivity index (χ2v) is 3.05. The van der Waals surface area contributed by atoms with Crippen LogP contribution in [0.15, 0.2) is 35.5 Å². The third kappa shape index (κ3) is 1.21. The van der Waals surface area contributed by atoms with Crippen LogP contribution in [0.1, 0.15) is 20.8 Å². The van der Waals surface area contributed by atoms with E-state index in [9.17, 15) is 0 Å². The summed E-state index contributed by atoms with van der Waals surface area (Å²) in [5, 5.41) is 0. The summed E-state index contributed by atoms with van der Waals surface area (Å²) < 4.78 is 0. The molecule has 0 heterocycles. The van der Waals surface area contributed by atoms with E-state index in [2.05, 4.69) is 39.5 Å². The van der Waals surface area contributed by atoms with E-state index < -0.39 is 0 Å². The minimum atomic E-state index is 0.532. The number of hydrogen-bond donors (Lipinski definition) is 0. The number of allylic oxidation sites excluding steroid dienone is 5. The Morgan fingerprint density at radius 2 is 2.00 bits per heavy atom. The Balaban J connectivity index is 2.95. The van der Waals surface area contributed by atoms with Crippen LogP contribution in [0.2, 0.25) is 0 Å². The Kier molecular flexibility index (Phi) is 1.80. The van der Waals surface area contributed by atoms with Crippen molar-refractivity contribution in [2.75, 3.05) is 0 Å². The van der Waals surface area contributed by atoms with Gasteiger partial charge >= 0.3 is 0 Å². The van der Waals surface area contributed by atoms with Crippen molar-refractivity contribution in [2.24, 2.45) is 5.92 Å². The Hall–Kier alpha value is -0.780. The first-order valence-electron chi connectivity index (χ1n) is 3.67. The fourth-order valence-electron chi connectivity index (χ4n) is 1.34. The minimum Gasteiger partial charge on any atom is -0.0950 e. The van der Waals surface area contributed by atoms with Crippen molar-refractivity contribution in [3.8, 4) is 0 Å². The lowest BCUT2D eigenvalue weighted by molar-refractivity contribution is 0.855. The molecule has 0 aromatic heterocycles. The molecule has 0 nitrogen and oxygen atoms in total. The molecule has 0 heteroatoms. The second-order valence-electron chi connectivity index (χ2n) is 3.05. The SMILES string of the molecule is C=C1C(C)=CC(C)=CC1C. The highest BCUT2D eigenvalue weighted by Gasteiger charge is 2.09. The van der Waals surface area contributed by atoms with Gasteiger partial charge in [-0.3, -0.25) is 0 Å². The van der Waals surface area contributed by atoms with Crippen LogP contribution < -0.4 is 0 Å². The lowest BCUT2D eigenvalue weighted by Crippen LogP contribution is -2.01. The lowest BCUT2D eigenvalue weighted by atomic mass is 9.89. The molecule has 0 N–H and O–H groups in total. The highest BCUT2D eigenvalue weighted by molar-refractivity contribution is 5.41. The van der Waals surface area contributed by atoms with Crippen LogP contribution in [0.3, 0.4) is 0 Å². The molecule has 0 radical (unpaired) electrons. The molecule has 1 unspecified atom stereocenters. The molecular weight excluding hydrogens is 120 g/mol. The Morgan fingerprint density at radius 1 is 1.40 bits per heavy atom. The predicted molar refractivity (Wildman–Crippen MR) is 45.8 cm³/mol. The summed E-state index contributed by atoms with van der Waals surface area (Å²) in [6.45, 7) is 10.4. The van der Waals surface area contributed by atoms with Crippen LogP contribution in [-0.2, 0) is 0 Å². The van der Waals surface area contributed by atoms with Crippen LogP contribution in [0.25, 0.3) is 0 Å². The van der Waals surface area contributed by atoms with E-state index in [0.29, 0.717) is 5.92 Å². The van der Waals surface area contributed by atoms with Gasteiger partial charge in [0.15, 0.2) is 0 Å². The quantitative estimate of drug-likeness (QED) is 0.477. The average molecular weight is 134 g/mol. The summed E-state index contributed by atoms with van der Waals surface area (Å²) >= 11 is 0. The van der Waals surface area contributed by atoms with Crippen LogP contribution in [0.5, 0.6) is 0 Å². The zero-order chi connectivity index (χ0) is 7.72. The second kappa shape index (κ2) is 2.45. The molecule has 1 rings (SSSR count). The van der Waals surface area contributed by atoms with Gasteiger partial charge in [-0.1, -0.05) is 31.2 Å². The van der Waals surface area contributed by atoms with Crippen molar-refractivity contribution in [2.45, 2.75) is 20.8 Å². The van der Waals surface area contributed by atoms with Gasteiger partial charge in [0.05, 0.1) is 0 Å². The van der Waals surface area contributed by atoms with E-state index >= 15 is 0 Å². The summed E-state index contributed by atoms with van der Waals surface area (Å²) in [6.07, 6.45) is 4.43. The van der Waals surface area contributed by atoms with Crippen LogP contribution >= 0.6 is 0 Å². The topological polar surface area (TPSA) is 0 Å². The predicted octanol–water partition coefficient (Wildman–Crippen LogP) is 3.08. The standard InChI is InChI=1S/C10H14/c1-7-5-8(2)10(4)9(3)6-7/h5-6,8H,4H2,1-3H3. The molecule has 1 aliphatic rings. The summed E-state index contributed by atoms with van der Waals surface area (Å²) in [4.78, 5) is 0. The highest BCUT2D eigenvalue weighted by Crippen LogP contribution is 2.25. The zero-order valence-corrected chi connectivity index (χ0v) is 6.94. The molecule has 0 amide bonds. The van der Waals surface area contributed by atoms with E-state index in [1.165, 1.54) is 16.7 Å². The fourth-order valence-corrected chi connectivity index (χ4v) is 1.34. The molecular formula is C10H14. The van der Waals surface area contributed by atoms with Crippen LogP contribution in [-0.4, -0.2) is 0 Å². The van der Waals surface area contributed by atoms with Crippen molar-refractivity contribution >= 4 is 0 Å². The smallest absolute Gasteiger partial charge is 0.000797 e. The van der Waals surface area contributed by atoms with Crippen molar-refractivity contribution in [1.82, 2.24) is 0 Å². The molecule has 0 aliphatic heterocycles. The van der Waals surface area contributed by atoms with Gasteiger partial charge in [-0.25, -0.2) is 0 Å². The van der Waals surface area contributed by atoms with E-state index in [1.807, 2.05) is 0 Å². The molecule has 10 heavy (non-hydrogen) atoms. The highest BCUT2D eigenvalue weighted by atomic mass is 14.1. The fraction of sp³-hybridized carbons (Fsp3) is 0.400. The molecule has 0 fully saturated rings.